The largest absolute Gasteiger partial charge is 0.245 e. The van der Waals surface area contributed by atoms with E-state index >= 15 is 0 Å². The zero-order chi connectivity index (χ0) is 4.41. The quantitative estimate of drug-likeness (QED) is 0.474. The van der Waals surface area contributed by atoms with E-state index in [1.165, 1.54) is 6.42 Å². The zero-order valence-corrected chi connectivity index (χ0v) is 4.29. The summed E-state index contributed by atoms with van der Waals surface area (Å²) < 4.78 is 1.69. The molecule has 6 heavy (non-hydrogen) atoms. The Morgan fingerprint density at radius 2 is 2.50 bits per heavy atom. The summed E-state index contributed by atoms with van der Waals surface area (Å²) in [6, 6.07) is 0. The molecule has 0 aromatic heterocycles. The predicted molar refractivity (Wildman–Crippen MR) is 26.9 cm³/mol. The molecule has 1 saturated heterocycles. The van der Waals surface area contributed by atoms with Crippen LogP contribution in [-0.4, -0.2) is 17.5 Å². The number of hydrogen-bond acceptors (Lipinski definition) is 2. The third-order valence-electron chi connectivity index (χ3n) is 0.826. The molecule has 0 atom stereocenters. The minimum Gasteiger partial charge on any atom is -0.245 e. The fraction of sp³-hybridized carbons (Fsp3) is 1.00. The Kier molecular flexibility index (Phi) is 1.34. The van der Waals surface area contributed by atoms with E-state index in [1.54, 1.807) is 4.41 Å². The fourth-order valence-electron chi connectivity index (χ4n) is 0.505. The first-order valence-corrected chi connectivity index (χ1v) is 2.44. The van der Waals surface area contributed by atoms with Crippen molar-refractivity contribution >= 4 is 12.8 Å². The van der Waals surface area contributed by atoms with E-state index in [1.807, 2.05) is 0 Å². The molecule has 0 aromatic carbocycles. The molecule has 0 saturated carbocycles. The third kappa shape index (κ3) is 0.864. The van der Waals surface area contributed by atoms with E-state index in [-0.39, 0.29) is 0 Å². The van der Waals surface area contributed by atoms with Crippen LogP contribution in [0.15, 0.2) is 0 Å². The van der Waals surface area contributed by atoms with Crippen LogP contribution in [0.2, 0.25) is 0 Å². The Labute approximate surface area is 43.0 Å². The summed E-state index contributed by atoms with van der Waals surface area (Å²) in [7, 11) is 0. The van der Waals surface area contributed by atoms with Crippen LogP contribution in [0.1, 0.15) is 6.42 Å². The molecule has 0 aliphatic carbocycles. The number of nitrogens with zero attached hydrogens (tertiary/aromatic N) is 1. The van der Waals surface area contributed by atoms with E-state index in [4.69, 9.17) is 12.8 Å². The van der Waals surface area contributed by atoms with Crippen molar-refractivity contribution in [3.8, 4) is 0 Å². The molecular weight excluding hydrogens is 96.1 g/mol. The molecule has 1 rings (SSSR count). The lowest BCUT2D eigenvalue weighted by Gasteiger charge is -1.99. The number of nitrogens with one attached hydrogen (secondary N) is 1. The van der Waals surface area contributed by atoms with E-state index in [0.717, 1.165) is 13.1 Å². The van der Waals surface area contributed by atoms with Crippen LogP contribution in [0.3, 0.4) is 0 Å². The van der Waals surface area contributed by atoms with Gasteiger partial charge in [-0.15, -0.1) is 0 Å². The van der Waals surface area contributed by atoms with Gasteiger partial charge in [0.05, 0.1) is 0 Å². The van der Waals surface area contributed by atoms with E-state index < -0.39 is 0 Å². The molecule has 0 amide bonds. The summed E-state index contributed by atoms with van der Waals surface area (Å²) in [5.41, 5.74) is 2.97. The van der Waals surface area contributed by atoms with Gasteiger partial charge >= 0.3 is 0 Å². The molecule has 1 aliphatic rings. The molecule has 0 spiro atoms. The highest BCUT2D eigenvalue weighted by Gasteiger charge is 2.04. The van der Waals surface area contributed by atoms with Crippen molar-refractivity contribution in [3.05, 3.63) is 0 Å². The molecule has 1 aliphatic heterocycles. The van der Waals surface area contributed by atoms with Gasteiger partial charge < -0.3 is 0 Å². The topological polar surface area (TPSA) is 15.3 Å². The standard InChI is InChI=1S/C3H7N2S/c6-5-3-1-2-4-5/h4H,1-3H2. The van der Waals surface area contributed by atoms with Crippen molar-refractivity contribution < 1.29 is 0 Å². The molecule has 0 unspecified atom stereocenters. The normalized spacial score (nSPS) is 25.5. The van der Waals surface area contributed by atoms with Crippen LogP contribution in [0.25, 0.3) is 0 Å². The molecule has 1 heterocycles. The Morgan fingerprint density at radius 1 is 1.67 bits per heavy atom. The highest BCUT2D eigenvalue weighted by molar-refractivity contribution is 7.77. The first-order valence-electron chi connectivity index (χ1n) is 2.08. The van der Waals surface area contributed by atoms with Crippen LogP contribution < -0.4 is 5.43 Å². The maximum absolute atomic E-state index is 4.72. The smallest absolute Gasteiger partial charge is 0.0266 e. The summed E-state index contributed by atoms with van der Waals surface area (Å²) in [6.07, 6.45) is 1.20. The third-order valence-corrected chi connectivity index (χ3v) is 1.14. The van der Waals surface area contributed by atoms with Crippen molar-refractivity contribution in [1.82, 2.24) is 9.84 Å². The maximum atomic E-state index is 4.72. The predicted octanol–water partition coefficient (Wildman–Crippen LogP) is 0.309. The van der Waals surface area contributed by atoms with Crippen molar-refractivity contribution in [1.29, 1.82) is 0 Å². The van der Waals surface area contributed by atoms with Crippen LogP contribution in [-0.2, 0) is 0 Å². The van der Waals surface area contributed by atoms with Gasteiger partial charge in [-0.25, -0.2) is 5.43 Å². The summed E-state index contributed by atoms with van der Waals surface area (Å²) >= 11 is 4.72. The molecule has 35 valence electrons. The first kappa shape index (κ1) is 4.43. The van der Waals surface area contributed by atoms with Gasteiger partial charge in [-0.05, 0) is 6.42 Å². The van der Waals surface area contributed by atoms with Gasteiger partial charge in [0.1, 0.15) is 0 Å². The fourth-order valence-corrected chi connectivity index (χ4v) is 0.726. The summed E-state index contributed by atoms with van der Waals surface area (Å²) in [5.74, 6) is 0. The Hall–Kier alpha value is 0.270. The average Bonchev–Trinajstić information content (AvgIpc) is 1.86. The lowest BCUT2D eigenvalue weighted by Crippen LogP contribution is -2.19. The summed E-state index contributed by atoms with van der Waals surface area (Å²) in [6.45, 7) is 2.08. The molecule has 0 aromatic rings. The monoisotopic (exact) mass is 103 g/mol. The number of rotatable bonds is 0. The lowest BCUT2D eigenvalue weighted by atomic mass is 10.5. The van der Waals surface area contributed by atoms with E-state index in [0.29, 0.717) is 0 Å². The Balaban J connectivity index is 2.18. The highest BCUT2D eigenvalue weighted by Crippen LogP contribution is 1.95. The number of hydrogen-bond donors (Lipinski definition) is 1. The first-order chi connectivity index (χ1) is 2.89. The minimum atomic E-state index is 1.02. The van der Waals surface area contributed by atoms with Crippen LogP contribution in [0, 0.1) is 0 Å². The summed E-state index contributed by atoms with van der Waals surface area (Å²) in [4.78, 5) is 0. The van der Waals surface area contributed by atoms with Crippen LogP contribution in [0.5, 0.6) is 0 Å². The van der Waals surface area contributed by atoms with Gasteiger partial charge in [0.15, 0.2) is 0 Å². The SMILES string of the molecule is [S]N1CCCN1. The van der Waals surface area contributed by atoms with Crippen molar-refractivity contribution in [2.75, 3.05) is 13.1 Å². The second kappa shape index (κ2) is 1.82. The molecule has 0 bridgehead atoms. The molecule has 1 N–H and O–H groups in total. The molecule has 3 heteroatoms. The van der Waals surface area contributed by atoms with Gasteiger partial charge in [0.2, 0.25) is 0 Å². The zero-order valence-electron chi connectivity index (χ0n) is 3.48. The molecular formula is C3H7N2S. The van der Waals surface area contributed by atoms with Gasteiger partial charge in [0.25, 0.3) is 0 Å². The van der Waals surface area contributed by atoms with Gasteiger partial charge in [-0.3, -0.25) is 0 Å². The Morgan fingerprint density at radius 3 is 2.67 bits per heavy atom. The summed E-state index contributed by atoms with van der Waals surface area (Å²) in [5, 5.41) is 0. The van der Waals surface area contributed by atoms with Crippen molar-refractivity contribution in [2.24, 2.45) is 0 Å². The van der Waals surface area contributed by atoms with Crippen molar-refractivity contribution in [3.63, 3.8) is 0 Å². The van der Waals surface area contributed by atoms with Crippen LogP contribution in [0.4, 0.5) is 0 Å². The maximum Gasteiger partial charge on any atom is 0.0266 e. The molecule has 2 nitrogen and oxygen atoms in total. The van der Waals surface area contributed by atoms with E-state index in [2.05, 4.69) is 5.43 Å². The molecule has 1 radical (unpaired) electrons. The van der Waals surface area contributed by atoms with Gasteiger partial charge in [0, 0.05) is 25.9 Å². The second-order valence-electron chi connectivity index (χ2n) is 1.36. The number of hydrazine groups is 1. The van der Waals surface area contributed by atoms with Crippen LogP contribution >= 0.6 is 12.8 Å². The average molecular weight is 103 g/mol. The second-order valence-corrected chi connectivity index (χ2v) is 1.80. The lowest BCUT2D eigenvalue weighted by molar-refractivity contribution is 0.466. The van der Waals surface area contributed by atoms with E-state index in [9.17, 15) is 0 Å². The highest BCUT2D eigenvalue weighted by atomic mass is 32.1. The minimum absolute atomic E-state index is 1.02. The molecule has 1 fully saturated rings. The Bertz CT molecular complexity index is 42.1. The van der Waals surface area contributed by atoms with Gasteiger partial charge in [-0.1, -0.05) is 0 Å². The van der Waals surface area contributed by atoms with Crippen molar-refractivity contribution in [2.45, 2.75) is 6.42 Å². The van der Waals surface area contributed by atoms with Gasteiger partial charge in [-0.2, -0.15) is 4.41 Å².